The summed E-state index contributed by atoms with van der Waals surface area (Å²) in [6.07, 6.45) is 6.02. The molecule has 1 amide bonds. The van der Waals surface area contributed by atoms with Crippen molar-refractivity contribution in [2.75, 3.05) is 13.2 Å². The first-order valence-electron chi connectivity index (χ1n) is 11.0. The molecule has 30 heavy (non-hydrogen) atoms. The normalized spacial score (nSPS) is 15.8. The van der Waals surface area contributed by atoms with Crippen molar-refractivity contribution in [1.82, 2.24) is 9.88 Å². The Bertz CT molecular complexity index is 962. The number of hydrogen-bond acceptors (Lipinski definition) is 4. The monoisotopic (exact) mass is 410 g/mol. The Morgan fingerprint density at radius 3 is 2.83 bits per heavy atom. The molecule has 4 rings (SSSR count). The lowest BCUT2D eigenvalue weighted by molar-refractivity contribution is 0.0944. The van der Waals surface area contributed by atoms with Gasteiger partial charge in [-0.1, -0.05) is 18.6 Å². The van der Waals surface area contributed by atoms with Crippen LogP contribution in [0.2, 0.25) is 0 Å². The molecule has 0 bridgehead atoms. The van der Waals surface area contributed by atoms with Gasteiger partial charge in [-0.15, -0.1) is 0 Å². The van der Waals surface area contributed by atoms with Gasteiger partial charge in [0.1, 0.15) is 17.1 Å². The molecule has 1 fully saturated rings. The fourth-order valence-corrected chi connectivity index (χ4v) is 3.95. The van der Waals surface area contributed by atoms with Crippen LogP contribution in [0.4, 0.5) is 0 Å². The maximum atomic E-state index is 13.3. The molecule has 0 atom stereocenters. The average molecular weight is 411 g/mol. The van der Waals surface area contributed by atoms with Crippen LogP contribution in [0.1, 0.15) is 60.6 Å². The first-order chi connectivity index (χ1) is 14.7. The Kier molecular flexibility index (Phi) is 6.41. The van der Waals surface area contributed by atoms with Gasteiger partial charge < -0.3 is 19.4 Å². The fourth-order valence-electron chi connectivity index (χ4n) is 3.95. The van der Waals surface area contributed by atoms with Crippen LogP contribution in [0.15, 0.2) is 35.1 Å². The van der Waals surface area contributed by atoms with Crippen LogP contribution < -0.4 is 20.3 Å². The van der Waals surface area contributed by atoms with Gasteiger partial charge in [-0.3, -0.25) is 9.59 Å². The van der Waals surface area contributed by atoms with E-state index in [2.05, 4.69) is 5.32 Å². The third-order valence-electron chi connectivity index (χ3n) is 5.74. The minimum Gasteiger partial charge on any atom is -0.494 e. The molecule has 1 aromatic heterocycles. The van der Waals surface area contributed by atoms with E-state index in [0.717, 1.165) is 55.5 Å². The molecule has 0 spiro atoms. The standard InChI is InChI=1S/C24H30N2O4/c1-2-29-19-8-6-7-18(13-19)15-25-24(28)23-20-9-4-3-5-12-26(20)22(27)14-21(23)30-16-17-10-11-17/h6-8,13-14,17H,2-5,9-12,15-16H2,1H3,(H,25,28). The molecular weight excluding hydrogens is 380 g/mol. The SMILES string of the molecule is CCOc1cccc(CNC(=O)c2c(OCC3CC3)cc(=O)n3c2CCCCC3)c1. The van der Waals surface area contributed by atoms with Gasteiger partial charge in [0.15, 0.2) is 0 Å². The van der Waals surface area contributed by atoms with E-state index in [1.54, 1.807) is 4.57 Å². The van der Waals surface area contributed by atoms with Gasteiger partial charge in [0, 0.05) is 24.8 Å². The Labute approximate surface area is 177 Å². The number of hydrogen-bond donors (Lipinski definition) is 1. The number of aromatic nitrogens is 1. The van der Waals surface area contributed by atoms with E-state index in [-0.39, 0.29) is 11.5 Å². The zero-order valence-corrected chi connectivity index (χ0v) is 17.6. The fraction of sp³-hybridized carbons (Fsp3) is 0.500. The van der Waals surface area contributed by atoms with E-state index in [9.17, 15) is 9.59 Å². The van der Waals surface area contributed by atoms with Crippen LogP contribution in [0.5, 0.6) is 11.5 Å². The third kappa shape index (κ3) is 4.86. The smallest absolute Gasteiger partial charge is 0.257 e. The maximum Gasteiger partial charge on any atom is 0.257 e. The predicted octanol–water partition coefficient (Wildman–Crippen LogP) is 3.69. The van der Waals surface area contributed by atoms with E-state index in [1.807, 2.05) is 31.2 Å². The summed E-state index contributed by atoms with van der Waals surface area (Å²) in [5.41, 5.74) is 2.23. The summed E-state index contributed by atoms with van der Waals surface area (Å²) in [5, 5.41) is 3.03. The van der Waals surface area contributed by atoms with Crippen molar-refractivity contribution >= 4 is 5.91 Å². The van der Waals surface area contributed by atoms with Crippen molar-refractivity contribution in [3.63, 3.8) is 0 Å². The highest BCUT2D eigenvalue weighted by Gasteiger charge is 2.26. The number of ether oxygens (including phenoxy) is 2. The van der Waals surface area contributed by atoms with Gasteiger partial charge in [0.05, 0.1) is 13.2 Å². The molecule has 0 radical (unpaired) electrons. The number of pyridine rings is 1. The molecule has 2 heterocycles. The first kappa shape index (κ1) is 20.5. The number of nitrogens with zero attached hydrogens (tertiary/aromatic N) is 1. The lowest BCUT2D eigenvalue weighted by Gasteiger charge is -2.19. The van der Waals surface area contributed by atoms with Crippen LogP contribution in [0.3, 0.4) is 0 Å². The highest BCUT2D eigenvalue weighted by molar-refractivity contribution is 5.98. The summed E-state index contributed by atoms with van der Waals surface area (Å²) in [5.74, 6) is 1.58. The minimum absolute atomic E-state index is 0.0707. The van der Waals surface area contributed by atoms with Crippen molar-refractivity contribution in [2.24, 2.45) is 5.92 Å². The molecule has 2 aliphatic rings. The second-order valence-corrected chi connectivity index (χ2v) is 8.15. The summed E-state index contributed by atoms with van der Waals surface area (Å²) >= 11 is 0. The molecule has 2 aromatic rings. The molecule has 6 heteroatoms. The van der Waals surface area contributed by atoms with E-state index in [0.29, 0.717) is 43.5 Å². The van der Waals surface area contributed by atoms with E-state index >= 15 is 0 Å². The van der Waals surface area contributed by atoms with Gasteiger partial charge in [0.2, 0.25) is 0 Å². The van der Waals surface area contributed by atoms with Gasteiger partial charge in [-0.05, 0) is 62.6 Å². The average Bonchev–Trinajstić information content (AvgIpc) is 3.58. The zero-order valence-electron chi connectivity index (χ0n) is 17.6. The molecule has 0 saturated heterocycles. The van der Waals surface area contributed by atoms with E-state index < -0.39 is 0 Å². The molecule has 6 nitrogen and oxygen atoms in total. The number of fused-ring (bicyclic) bond motifs is 1. The molecule has 0 unspecified atom stereocenters. The van der Waals surface area contributed by atoms with Crippen molar-refractivity contribution in [2.45, 2.75) is 58.5 Å². The van der Waals surface area contributed by atoms with Crippen LogP contribution in [-0.4, -0.2) is 23.7 Å². The number of nitrogens with one attached hydrogen (secondary N) is 1. The lowest BCUT2D eigenvalue weighted by Crippen LogP contribution is -2.31. The molecule has 1 saturated carbocycles. The quantitative estimate of drug-likeness (QED) is 0.721. The van der Waals surface area contributed by atoms with E-state index in [4.69, 9.17) is 9.47 Å². The Morgan fingerprint density at radius 2 is 2.03 bits per heavy atom. The van der Waals surface area contributed by atoms with Gasteiger partial charge >= 0.3 is 0 Å². The number of carbonyl (C=O) groups is 1. The summed E-state index contributed by atoms with van der Waals surface area (Å²) < 4.78 is 13.3. The number of carbonyl (C=O) groups excluding carboxylic acids is 1. The molecule has 1 N–H and O–H groups in total. The highest BCUT2D eigenvalue weighted by atomic mass is 16.5. The van der Waals surface area contributed by atoms with Crippen molar-refractivity contribution in [3.05, 3.63) is 57.5 Å². The summed E-state index contributed by atoms with van der Waals surface area (Å²) in [7, 11) is 0. The van der Waals surface area contributed by atoms with Crippen LogP contribution >= 0.6 is 0 Å². The van der Waals surface area contributed by atoms with Gasteiger partial charge in [-0.2, -0.15) is 0 Å². The number of rotatable bonds is 8. The van der Waals surface area contributed by atoms with Gasteiger partial charge in [0.25, 0.3) is 11.5 Å². The van der Waals surface area contributed by atoms with E-state index in [1.165, 1.54) is 6.07 Å². The third-order valence-corrected chi connectivity index (χ3v) is 5.74. The predicted molar refractivity (Wildman–Crippen MR) is 115 cm³/mol. The van der Waals surface area contributed by atoms with Crippen molar-refractivity contribution in [1.29, 1.82) is 0 Å². The molecule has 1 aliphatic carbocycles. The Hall–Kier alpha value is -2.76. The second kappa shape index (κ2) is 9.37. The molecular formula is C24H30N2O4. The summed E-state index contributed by atoms with van der Waals surface area (Å²) in [6, 6.07) is 9.22. The molecule has 160 valence electrons. The highest BCUT2D eigenvalue weighted by Crippen LogP contribution is 2.31. The minimum atomic E-state index is -0.187. The first-order valence-corrected chi connectivity index (χ1v) is 11.0. The van der Waals surface area contributed by atoms with Crippen molar-refractivity contribution < 1.29 is 14.3 Å². The van der Waals surface area contributed by atoms with Crippen LogP contribution in [-0.2, 0) is 19.5 Å². The number of amides is 1. The zero-order chi connectivity index (χ0) is 20.9. The van der Waals surface area contributed by atoms with Crippen LogP contribution in [0, 0.1) is 5.92 Å². The molecule has 1 aliphatic heterocycles. The summed E-state index contributed by atoms with van der Waals surface area (Å²) in [4.78, 5) is 26.0. The topological polar surface area (TPSA) is 69.6 Å². The van der Waals surface area contributed by atoms with Crippen LogP contribution in [0.25, 0.3) is 0 Å². The second-order valence-electron chi connectivity index (χ2n) is 8.15. The van der Waals surface area contributed by atoms with Gasteiger partial charge in [-0.25, -0.2) is 0 Å². The Balaban J connectivity index is 1.59. The summed E-state index contributed by atoms with van der Waals surface area (Å²) in [6.45, 7) is 4.16. The lowest BCUT2D eigenvalue weighted by atomic mass is 10.1. The molecule has 1 aromatic carbocycles. The maximum absolute atomic E-state index is 13.3. The number of benzene rings is 1. The van der Waals surface area contributed by atoms with Crippen molar-refractivity contribution in [3.8, 4) is 11.5 Å². The largest absolute Gasteiger partial charge is 0.494 e. The Morgan fingerprint density at radius 1 is 1.17 bits per heavy atom.